The van der Waals surface area contributed by atoms with E-state index >= 15 is 0 Å². The van der Waals surface area contributed by atoms with Gasteiger partial charge in [-0.15, -0.1) is 0 Å². The van der Waals surface area contributed by atoms with E-state index < -0.39 is 15.8 Å². The lowest BCUT2D eigenvalue weighted by Crippen LogP contribution is -2.25. The molecule has 1 saturated carbocycles. The second-order valence-electron chi connectivity index (χ2n) is 5.75. The molecule has 8 heteroatoms. The summed E-state index contributed by atoms with van der Waals surface area (Å²) in [6.45, 7) is 0.0621. The van der Waals surface area contributed by atoms with Crippen LogP contribution in [0, 0.1) is 5.82 Å². The van der Waals surface area contributed by atoms with Crippen LogP contribution in [0.15, 0.2) is 47.5 Å². The fourth-order valence-electron chi connectivity index (χ4n) is 2.67. The molecule has 4 rings (SSSR count). The summed E-state index contributed by atoms with van der Waals surface area (Å²) in [5.41, 5.74) is 1.52. The minimum absolute atomic E-state index is 0.0242. The molecule has 0 atom stereocenters. The fourth-order valence-corrected chi connectivity index (χ4v) is 3.65. The van der Waals surface area contributed by atoms with E-state index in [0.29, 0.717) is 11.9 Å². The van der Waals surface area contributed by atoms with Gasteiger partial charge in [0.05, 0.1) is 11.4 Å². The molecule has 6 nitrogen and oxygen atoms in total. The minimum atomic E-state index is -3.73. The molecular weight excluding hydrogens is 331 g/mol. The van der Waals surface area contributed by atoms with Gasteiger partial charge in [-0.3, -0.25) is 0 Å². The number of nitrogens with one attached hydrogen (secondary N) is 1. The van der Waals surface area contributed by atoms with Crippen LogP contribution in [0.1, 0.15) is 24.7 Å². The van der Waals surface area contributed by atoms with Crippen LogP contribution < -0.4 is 4.72 Å². The number of halogens is 1. The molecule has 0 unspecified atom stereocenters. The maximum atomic E-state index is 13.0. The molecule has 124 valence electrons. The van der Waals surface area contributed by atoms with E-state index in [9.17, 15) is 12.8 Å². The monoisotopic (exact) mass is 346 g/mol. The van der Waals surface area contributed by atoms with Crippen molar-refractivity contribution in [1.82, 2.24) is 19.3 Å². The number of rotatable bonds is 5. The van der Waals surface area contributed by atoms with E-state index in [1.165, 1.54) is 12.1 Å². The minimum Gasteiger partial charge on any atom is -0.308 e. The Labute approximate surface area is 138 Å². The Morgan fingerprint density at radius 1 is 1.21 bits per heavy atom. The van der Waals surface area contributed by atoms with Crippen molar-refractivity contribution in [2.24, 2.45) is 0 Å². The van der Waals surface area contributed by atoms with Crippen LogP contribution in [-0.2, 0) is 16.6 Å². The van der Waals surface area contributed by atoms with Crippen molar-refractivity contribution in [3.8, 4) is 0 Å². The number of fused-ring (bicyclic) bond motifs is 1. The number of benzene rings is 1. The second-order valence-corrected chi connectivity index (χ2v) is 7.52. The van der Waals surface area contributed by atoms with Gasteiger partial charge >= 0.3 is 0 Å². The van der Waals surface area contributed by atoms with Crippen molar-refractivity contribution in [3.05, 3.63) is 54.2 Å². The zero-order chi connectivity index (χ0) is 16.7. The highest BCUT2D eigenvalue weighted by molar-refractivity contribution is 7.89. The topological polar surface area (TPSA) is 76.9 Å². The number of hydrogen-bond donors (Lipinski definition) is 1. The van der Waals surface area contributed by atoms with Crippen LogP contribution in [0.3, 0.4) is 0 Å². The molecule has 3 aromatic rings. The number of hydrogen-bond acceptors (Lipinski definition) is 4. The Balaban J connectivity index is 1.63. The first-order valence-corrected chi connectivity index (χ1v) is 9.10. The van der Waals surface area contributed by atoms with E-state index in [-0.39, 0.29) is 11.4 Å². The van der Waals surface area contributed by atoms with Gasteiger partial charge < -0.3 is 4.57 Å². The number of nitrogens with zero attached hydrogens (tertiary/aromatic N) is 3. The smallest absolute Gasteiger partial charge is 0.240 e. The first-order valence-electron chi connectivity index (χ1n) is 7.62. The number of imidazole rings is 1. The zero-order valence-corrected chi connectivity index (χ0v) is 13.5. The molecule has 0 saturated heterocycles. The average molecular weight is 346 g/mol. The third-order valence-electron chi connectivity index (χ3n) is 3.98. The normalized spacial score (nSPS) is 15.0. The summed E-state index contributed by atoms with van der Waals surface area (Å²) in [6.07, 6.45) is 3.79. The number of pyridine rings is 1. The summed E-state index contributed by atoms with van der Waals surface area (Å²) in [6, 6.07) is 8.72. The van der Waals surface area contributed by atoms with Gasteiger partial charge in [0.25, 0.3) is 0 Å². The van der Waals surface area contributed by atoms with Gasteiger partial charge in [-0.1, -0.05) is 0 Å². The summed E-state index contributed by atoms with van der Waals surface area (Å²) in [5, 5.41) is 0. The molecule has 1 aliphatic rings. The van der Waals surface area contributed by atoms with Crippen LogP contribution in [0.4, 0.5) is 4.39 Å². The Hall–Kier alpha value is -2.32. The van der Waals surface area contributed by atoms with Crippen molar-refractivity contribution in [2.45, 2.75) is 30.3 Å². The molecule has 0 aliphatic heterocycles. The SMILES string of the molecule is O=S(=O)(NCc1nc2cccnc2n1C1CC1)c1ccc(F)cc1. The number of sulfonamides is 1. The zero-order valence-electron chi connectivity index (χ0n) is 12.7. The lowest BCUT2D eigenvalue weighted by molar-refractivity contribution is 0.574. The Kier molecular flexibility index (Phi) is 3.58. The molecule has 0 radical (unpaired) electrons. The first-order chi connectivity index (χ1) is 11.5. The lowest BCUT2D eigenvalue weighted by Gasteiger charge is -2.09. The molecule has 2 heterocycles. The summed E-state index contributed by atoms with van der Waals surface area (Å²) < 4.78 is 42.2. The molecule has 1 aliphatic carbocycles. The molecular formula is C16H15FN4O2S. The summed E-state index contributed by atoms with van der Waals surface area (Å²) in [7, 11) is -3.73. The van der Waals surface area contributed by atoms with Gasteiger partial charge in [0.2, 0.25) is 10.0 Å². The molecule has 1 aromatic carbocycles. The van der Waals surface area contributed by atoms with E-state index in [0.717, 1.165) is 36.1 Å². The Bertz CT molecular complexity index is 995. The van der Waals surface area contributed by atoms with Gasteiger partial charge in [-0.05, 0) is 49.2 Å². The summed E-state index contributed by atoms with van der Waals surface area (Å²) in [4.78, 5) is 8.88. The third kappa shape index (κ3) is 2.78. The van der Waals surface area contributed by atoms with Crippen LogP contribution >= 0.6 is 0 Å². The molecule has 24 heavy (non-hydrogen) atoms. The molecule has 1 N–H and O–H groups in total. The average Bonchev–Trinajstić information content (AvgIpc) is 3.34. The maximum Gasteiger partial charge on any atom is 0.240 e. The van der Waals surface area contributed by atoms with Crippen LogP contribution in [0.5, 0.6) is 0 Å². The molecule has 0 amide bonds. The van der Waals surface area contributed by atoms with Crippen molar-refractivity contribution in [2.75, 3.05) is 0 Å². The highest BCUT2D eigenvalue weighted by Crippen LogP contribution is 2.38. The predicted octanol–water partition coefficient (Wildman–Crippen LogP) is 2.38. The van der Waals surface area contributed by atoms with Crippen LogP contribution in [0.2, 0.25) is 0 Å². The highest BCUT2D eigenvalue weighted by Gasteiger charge is 2.29. The van der Waals surface area contributed by atoms with Crippen molar-refractivity contribution in [3.63, 3.8) is 0 Å². The maximum absolute atomic E-state index is 13.0. The quantitative estimate of drug-likeness (QED) is 0.769. The summed E-state index contributed by atoms with van der Waals surface area (Å²) in [5.74, 6) is 0.160. The fraction of sp³-hybridized carbons (Fsp3) is 0.250. The van der Waals surface area contributed by atoms with Gasteiger partial charge in [0, 0.05) is 12.2 Å². The molecule has 0 spiro atoms. The van der Waals surface area contributed by atoms with Crippen molar-refractivity contribution < 1.29 is 12.8 Å². The predicted molar refractivity (Wildman–Crippen MR) is 86.2 cm³/mol. The third-order valence-corrected chi connectivity index (χ3v) is 5.40. The van der Waals surface area contributed by atoms with E-state index in [2.05, 4.69) is 14.7 Å². The van der Waals surface area contributed by atoms with Gasteiger partial charge in [-0.25, -0.2) is 27.5 Å². The molecule has 0 bridgehead atoms. The standard InChI is InChI=1S/C16H15FN4O2S/c17-11-3-7-13(8-4-11)24(22,23)19-10-15-20-14-2-1-9-18-16(14)21(15)12-5-6-12/h1-4,7-9,12,19H,5-6,10H2. The van der Waals surface area contributed by atoms with Crippen LogP contribution in [-0.4, -0.2) is 23.0 Å². The number of aromatic nitrogens is 3. The summed E-state index contributed by atoms with van der Waals surface area (Å²) >= 11 is 0. The Morgan fingerprint density at radius 3 is 2.67 bits per heavy atom. The lowest BCUT2D eigenvalue weighted by atomic mass is 10.4. The second kappa shape index (κ2) is 5.64. The van der Waals surface area contributed by atoms with Crippen molar-refractivity contribution in [1.29, 1.82) is 0 Å². The molecule has 2 aromatic heterocycles. The highest BCUT2D eigenvalue weighted by atomic mass is 32.2. The van der Waals surface area contributed by atoms with Gasteiger partial charge in [0.1, 0.15) is 17.2 Å². The largest absolute Gasteiger partial charge is 0.308 e. The van der Waals surface area contributed by atoms with Gasteiger partial charge in [0.15, 0.2) is 5.65 Å². The van der Waals surface area contributed by atoms with E-state index in [4.69, 9.17) is 0 Å². The van der Waals surface area contributed by atoms with E-state index in [1.54, 1.807) is 12.3 Å². The molecule has 1 fully saturated rings. The van der Waals surface area contributed by atoms with Crippen molar-refractivity contribution >= 4 is 21.2 Å². The Morgan fingerprint density at radius 2 is 1.96 bits per heavy atom. The van der Waals surface area contributed by atoms with Crippen LogP contribution in [0.25, 0.3) is 11.2 Å². The first kappa shape index (κ1) is 15.2. The van der Waals surface area contributed by atoms with E-state index in [1.807, 2.05) is 10.6 Å². The van der Waals surface area contributed by atoms with Gasteiger partial charge in [-0.2, -0.15) is 0 Å².